The van der Waals surface area contributed by atoms with E-state index < -0.39 is 0 Å². The molecule has 2 aliphatic rings. The van der Waals surface area contributed by atoms with Gasteiger partial charge in [-0.25, -0.2) is 0 Å². The average Bonchev–Trinajstić information content (AvgIpc) is 2.77. The maximum atomic E-state index is 11.4. The van der Waals surface area contributed by atoms with Gasteiger partial charge in [0.2, 0.25) is 5.91 Å². The molecule has 3 heteroatoms. The number of carbonyl (C=O) groups excluding carboxylic acids is 1. The van der Waals surface area contributed by atoms with E-state index in [0.29, 0.717) is 11.8 Å². The Hall–Kier alpha value is -0.570. The third kappa shape index (κ3) is 1.86. The summed E-state index contributed by atoms with van der Waals surface area (Å²) < 4.78 is 0. The monoisotopic (exact) mass is 225 g/mol. The lowest BCUT2D eigenvalue weighted by atomic mass is 9.84. The Labute approximate surface area is 97.8 Å². The van der Waals surface area contributed by atoms with Gasteiger partial charge in [0.25, 0.3) is 0 Å². The molecule has 1 N–H and O–H groups in total. The molecule has 2 rings (SSSR count). The van der Waals surface area contributed by atoms with E-state index in [2.05, 4.69) is 20.8 Å². The van der Waals surface area contributed by atoms with Crippen LogP contribution in [0.2, 0.25) is 0 Å². The molecule has 0 aromatic carbocycles. The number of hydrogen-bond acceptors (Lipinski definition) is 2. The Morgan fingerprint density at radius 3 is 2.62 bits per heavy atom. The van der Waals surface area contributed by atoms with E-state index >= 15 is 0 Å². The average molecular weight is 225 g/mol. The summed E-state index contributed by atoms with van der Waals surface area (Å²) in [7, 11) is 0. The van der Waals surface area contributed by atoms with Crippen LogP contribution < -0.4 is 0 Å². The van der Waals surface area contributed by atoms with Crippen LogP contribution in [-0.4, -0.2) is 35.6 Å². The van der Waals surface area contributed by atoms with Crippen molar-refractivity contribution in [3.05, 3.63) is 0 Å². The first-order chi connectivity index (χ1) is 7.54. The van der Waals surface area contributed by atoms with Crippen LogP contribution in [0.25, 0.3) is 0 Å². The van der Waals surface area contributed by atoms with Crippen molar-refractivity contribution in [2.45, 2.75) is 27.2 Å². The molecular formula is C13H23NO2. The second-order valence-corrected chi connectivity index (χ2v) is 5.88. The second kappa shape index (κ2) is 4.36. The van der Waals surface area contributed by atoms with Crippen molar-refractivity contribution in [3.63, 3.8) is 0 Å². The predicted octanol–water partition coefficient (Wildman–Crippen LogP) is 1.37. The van der Waals surface area contributed by atoms with Crippen LogP contribution in [0, 0.1) is 29.6 Å². The van der Waals surface area contributed by atoms with Crippen molar-refractivity contribution in [1.82, 2.24) is 4.90 Å². The van der Waals surface area contributed by atoms with Gasteiger partial charge in [0, 0.05) is 13.1 Å². The first-order valence-electron chi connectivity index (χ1n) is 6.43. The van der Waals surface area contributed by atoms with Crippen molar-refractivity contribution < 1.29 is 9.90 Å². The van der Waals surface area contributed by atoms with E-state index in [1.165, 1.54) is 6.42 Å². The predicted molar refractivity (Wildman–Crippen MR) is 62.8 cm³/mol. The van der Waals surface area contributed by atoms with Crippen LogP contribution >= 0.6 is 0 Å². The fourth-order valence-corrected chi connectivity index (χ4v) is 3.81. The van der Waals surface area contributed by atoms with Crippen LogP contribution in [0.5, 0.6) is 0 Å². The van der Waals surface area contributed by atoms with Crippen molar-refractivity contribution in [2.24, 2.45) is 29.6 Å². The van der Waals surface area contributed by atoms with Gasteiger partial charge in [0.15, 0.2) is 0 Å². The second-order valence-electron chi connectivity index (χ2n) is 5.88. The van der Waals surface area contributed by atoms with E-state index in [9.17, 15) is 4.79 Å². The molecule has 0 unspecified atom stereocenters. The lowest BCUT2D eigenvalue weighted by Crippen LogP contribution is -2.33. The third-order valence-corrected chi connectivity index (χ3v) is 4.76. The summed E-state index contributed by atoms with van der Waals surface area (Å²) in [4.78, 5) is 13.3. The van der Waals surface area contributed by atoms with Crippen LogP contribution in [0.1, 0.15) is 27.2 Å². The molecule has 1 aliphatic carbocycles. The van der Waals surface area contributed by atoms with Crippen molar-refractivity contribution in [2.75, 3.05) is 19.7 Å². The van der Waals surface area contributed by atoms with Crippen molar-refractivity contribution in [1.29, 1.82) is 0 Å². The lowest BCUT2D eigenvalue weighted by molar-refractivity contribution is -0.133. The molecule has 1 heterocycles. The Morgan fingerprint density at radius 2 is 2.12 bits per heavy atom. The van der Waals surface area contributed by atoms with Gasteiger partial charge < -0.3 is 10.0 Å². The van der Waals surface area contributed by atoms with Gasteiger partial charge in [-0.3, -0.25) is 4.79 Å². The number of hydrogen-bond donors (Lipinski definition) is 1. The first-order valence-corrected chi connectivity index (χ1v) is 6.43. The fraction of sp³-hybridized carbons (Fsp3) is 0.923. The van der Waals surface area contributed by atoms with Gasteiger partial charge in [0.1, 0.15) is 6.61 Å². The maximum Gasteiger partial charge on any atom is 0.248 e. The Bertz CT molecular complexity index is 277. The van der Waals surface area contributed by atoms with Crippen molar-refractivity contribution >= 4 is 5.91 Å². The summed E-state index contributed by atoms with van der Waals surface area (Å²) in [5.74, 6) is 3.55. The first kappa shape index (κ1) is 11.9. The third-order valence-electron chi connectivity index (χ3n) is 4.76. The Balaban J connectivity index is 2.00. The highest BCUT2D eigenvalue weighted by Crippen LogP contribution is 2.48. The molecular weight excluding hydrogens is 202 g/mol. The van der Waals surface area contributed by atoms with E-state index in [0.717, 1.165) is 30.8 Å². The molecule has 92 valence electrons. The normalized spacial score (nSPS) is 38.2. The number of aliphatic hydroxyl groups excluding tert-OH is 1. The highest BCUT2D eigenvalue weighted by atomic mass is 16.3. The molecule has 0 aromatic rings. The fourth-order valence-electron chi connectivity index (χ4n) is 3.81. The van der Waals surface area contributed by atoms with Gasteiger partial charge in [-0.15, -0.1) is 0 Å². The van der Waals surface area contributed by atoms with Crippen molar-refractivity contribution in [3.8, 4) is 0 Å². The number of rotatable bonds is 2. The van der Waals surface area contributed by atoms with Crippen LogP contribution in [0.15, 0.2) is 0 Å². The topological polar surface area (TPSA) is 40.5 Å². The summed E-state index contributed by atoms with van der Waals surface area (Å²) in [6.07, 6.45) is 1.26. The summed E-state index contributed by atoms with van der Waals surface area (Å²) in [6, 6.07) is 0. The van der Waals surface area contributed by atoms with E-state index in [-0.39, 0.29) is 12.5 Å². The van der Waals surface area contributed by atoms with Gasteiger partial charge in [-0.1, -0.05) is 20.8 Å². The molecule has 3 nitrogen and oxygen atoms in total. The molecule has 1 saturated heterocycles. The highest BCUT2D eigenvalue weighted by molar-refractivity contribution is 5.77. The van der Waals surface area contributed by atoms with E-state index in [1.807, 2.05) is 4.90 Å². The lowest BCUT2D eigenvalue weighted by Gasteiger charge is -2.25. The summed E-state index contributed by atoms with van der Waals surface area (Å²) in [5.41, 5.74) is 0. The van der Waals surface area contributed by atoms with Gasteiger partial charge in [-0.05, 0) is 36.0 Å². The van der Waals surface area contributed by atoms with Gasteiger partial charge >= 0.3 is 0 Å². The minimum atomic E-state index is -0.332. The van der Waals surface area contributed by atoms with Gasteiger partial charge in [0.05, 0.1) is 0 Å². The number of fused-ring (bicyclic) bond motifs is 1. The Morgan fingerprint density at radius 1 is 1.44 bits per heavy atom. The highest BCUT2D eigenvalue weighted by Gasteiger charge is 2.47. The molecule has 1 saturated carbocycles. The summed E-state index contributed by atoms with van der Waals surface area (Å²) in [5, 5.41) is 8.87. The standard InChI is InChI=1S/C13H23NO2/c1-8(2)11-4-10-5-14(13(16)7-15)6-12(10)9(11)3/h8-12,15H,4-7H2,1-3H3/t9-,10+,11-,12+/m0/s1. The maximum absolute atomic E-state index is 11.4. The molecule has 0 aromatic heterocycles. The molecule has 16 heavy (non-hydrogen) atoms. The van der Waals surface area contributed by atoms with E-state index in [4.69, 9.17) is 5.11 Å². The van der Waals surface area contributed by atoms with E-state index in [1.54, 1.807) is 0 Å². The molecule has 2 fully saturated rings. The quantitative estimate of drug-likeness (QED) is 0.771. The summed E-state index contributed by atoms with van der Waals surface area (Å²) in [6.45, 7) is 8.35. The minimum absolute atomic E-state index is 0.0947. The zero-order valence-corrected chi connectivity index (χ0v) is 10.5. The number of carbonyl (C=O) groups is 1. The number of amides is 1. The molecule has 1 aliphatic heterocycles. The molecule has 0 spiro atoms. The zero-order chi connectivity index (χ0) is 11.9. The molecule has 4 atom stereocenters. The largest absolute Gasteiger partial charge is 0.387 e. The van der Waals surface area contributed by atoms with Crippen LogP contribution in [0.4, 0.5) is 0 Å². The Kier molecular flexibility index (Phi) is 3.24. The number of nitrogens with zero attached hydrogens (tertiary/aromatic N) is 1. The number of aliphatic hydroxyl groups is 1. The molecule has 1 amide bonds. The summed E-state index contributed by atoms with van der Waals surface area (Å²) >= 11 is 0. The van der Waals surface area contributed by atoms with Crippen LogP contribution in [0.3, 0.4) is 0 Å². The van der Waals surface area contributed by atoms with Crippen LogP contribution in [-0.2, 0) is 4.79 Å². The SMILES string of the molecule is CC(C)[C@@H]1C[C@@H]2CN(C(=O)CO)C[C@@H]2[C@H]1C. The zero-order valence-electron chi connectivity index (χ0n) is 10.5. The molecule has 0 bridgehead atoms. The number of likely N-dealkylation sites (tertiary alicyclic amines) is 1. The molecule has 0 radical (unpaired) electrons. The smallest absolute Gasteiger partial charge is 0.248 e. The van der Waals surface area contributed by atoms with Gasteiger partial charge in [-0.2, -0.15) is 0 Å². The minimum Gasteiger partial charge on any atom is -0.387 e.